The highest BCUT2D eigenvalue weighted by Crippen LogP contribution is 2.34. The zero-order chi connectivity index (χ0) is 18.3. The highest BCUT2D eigenvalue weighted by molar-refractivity contribution is 7.89. The van der Waals surface area contributed by atoms with E-state index >= 15 is 0 Å². The molecule has 140 valence electrons. The number of primary sulfonamides is 1. The van der Waals surface area contributed by atoms with Crippen LogP contribution in [-0.4, -0.2) is 51.2 Å². The van der Waals surface area contributed by atoms with Crippen LogP contribution in [0.1, 0.15) is 38.2 Å². The molecule has 7 heteroatoms. The number of nitrogens with one attached hydrogen (secondary N) is 1. The molecule has 25 heavy (non-hydrogen) atoms. The largest absolute Gasteiger partial charge is 0.357 e. The Balaban J connectivity index is 2.07. The van der Waals surface area contributed by atoms with Gasteiger partial charge in [0, 0.05) is 19.6 Å². The highest BCUT2D eigenvalue weighted by atomic mass is 32.2. The molecule has 2 atom stereocenters. The molecule has 0 radical (unpaired) electrons. The SMILES string of the molecule is CCNC(=NCCS(N)(=O)=O)N1CCC(c2ccccc2)C(CC)C1. The van der Waals surface area contributed by atoms with Crippen molar-refractivity contribution in [2.24, 2.45) is 16.0 Å². The molecule has 1 aliphatic heterocycles. The molecule has 1 aromatic rings. The van der Waals surface area contributed by atoms with Crippen molar-refractivity contribution in [3.63, 3.8) is 0 Å². The number of hydrogen-bond acceptors (Lipinski definition) is 3. The summed E-state index contributed by atoms with van der Waals surface area (Å²) in [4.78, 5) is 6.71. The standard InChI is InChI=1S/C18H30N4O2S/c1-3-15-14-22(12-10-17(15)16-8-6-5-7-9-16)18(20-4-2)21-11-13-25(19,23)24/h5-9,15,17H,3-4,10-14H2,1-2H3,(H,20,21)(H2,19,23,24). The minimum absolute atomic E-state index is 0.125. The maximum absolute atomic E-state index is 11.1. The van der Waals surface area contributed by atoms with Crippen LogP contribution >= 0.6 is 0 Å². The molecule has 0 bridgehead atoms. The van der Waals surface area contributed by atoms with Gasteiger partial charge in [0.25, 0.3) is 0 Å². The van der Waals surface area contributed by atoms with Gasteiger partial charge in [-0.3, -0.25) is 4.99 Å². The number of sulfonamides is 1. The normalized spacial score (nSPS) is 22.0. The third kappa shape index (κ3) is 6.01. The molecule has 0 aliphatic carbocycles. The summed E-state index contributed by atoms with van der Waals surface area (Å²) in [5.74, 6) is 1.78. The highest BCUT2D eigenvalue weighted by Gasteiger charge is 2.30. The maximum Gasteiger partial charge on any atom is 0.210 e. The van der Waals surface area contributed by atoms with Gasteiger partial charge in [0.2, 0.25) is 10.0 Å². The Hall–Kier alpha value is -1.60. The van der Waals surface area contributed by atoms with E-state index in [1.54, 1.807) is 0 Å². The first-order valence-corrected chi connectivity index (χ1v) is 10.7. The van der Waals surface area contributed by atoms with Gasteiger partial charge in [0.1, 0.15) is 0 Å². The molecule has 0 amide bonds. The minimum Gasteiger partial charge on any atom is -0.357 e. The Kier molecular flexibility index (Phi) is 7.25. The summed E-state index contributed by atoms with van der Waals surface area (Å²) in [5, 5.41) is 8.35. The summed E-state index contributed by atoms with van der Waals surface area (Å²) in [7, 11) is -3.48. The molecular formula is C18H30N4O2S. The van der Waals surface area contributed by atoms with E-state index in [0.29, 0.717) is 11.8 Å². The van der Waals surface area contributed by atoms with Gasteiger partial charge in [-0.25, -0.2) is 13.6 Å². The zero-order valence-electron chi connectivity index (χ0n) is 15.2. The first kappa shape index (κ1) is 19.7. The predicted octanol–water partition coefficient (Wildman–Crippen LogP) is 1.76. The van der Waals surface area contributed by atoms with Crippen molar-refractivity contribution in [3.8, 4) is 0 Å². The topological polar surface area (TPSA) is 87.8 Å². The number of benzene rings is 1. The van der Waals surface area contributed by atoms with Crippen LogP contribution in [0, 0.1) is 5.92 Å². The van der Waals surface area contributed by atoms with E-state index < -0.39 is 10.0 Å². The second kappa shape index (κ2) is 9.20. The van der Waals surface area contributed by atoms with Gasteiger partial charge in [0.05, 0.1) is 12.3 Å². The van der Waals surface area contributed by atoms with Crippen LogP contribution in [0.3, 0.4) is 0 Å². The monoisotopic (exact) mass is 366 g/mol. The van der Waals surface area contributed by atoms with Crippen LogP contribution in [0.4, 0.5) is 0 Å². The van der Waals surface area contributed by atoms with Crippen molar-refractivity contribution in [2.45, 2.75) is 32.6 Å². The Morgan fingerprint density at radius 3 is 2.64 bits per heavy atom. The summed E-state index contributed by atoms with van der Waals surface area (Å²) >= 11 is 0. The maximum atomic E-state index is 11.1. The van der Waals surface area contributed by atoms with E-state index in [1.165, 1.54) is 5.56 Å². The third-order valence-corrected chi connectivity index (χ3v) is 5.51. The van der Waals surface area contributed by atoms with E-state index in [0.717, 1.165) is 38.4 Å². The minimum atomic E-state index is -3.48. The molecule has 3 N–H and O–H groups in total. The van der Waals surface area contributed by atoms with Gasteiger partial charge >= 0.3 is 0 Å². The van der Waals surface area contributed by atoms with Crippen molar-refractivity contribution in [2.75, 3.05) is 31.9 Å². The molecular weight excluding hydrogens is 336 g/mol. The molecule has 0 aromatic heterocycles. The summed E-state index contributed by atoms with van der Waals surface area (Å²) in [6, 6.07) is 10.7. The Labute approximate surface area is 151 Å². The molecule has 0 saturated carbocycles. The van der Waals surface area contributed by atoms with Gasteiger partial charge in [-0.05, 0) is 30.7 Å². The first-order chi connectivity index (χ1) is 11.9. The number of nitrogens with two attached hydrogens (primary N) is 1. The van der Waals surface area contributed by atoms with Gasteiger partial charge in [-0.2, -0.15) is 0 Å². The van der Waals surface area contributed by atoms with Crippen LogP contribution in [0.5, 0.6) is 0 Å². The molecule has 1 saturated heterocycles. The molecule has 2 unspecified atom stereocenters. The van der Waals surface area contributed by atoms with E-state index in [2.05, 4.69) is 52.5 Å². The summed E-state index contributed by atoms with van der Waals surface area (Å²) in [5.41, 5.74) is 1.41. The smallest absolute Gasteiger partial charge is 0.210 e. The van der Waals surface area contributed by atoms with E-state index in [1.807, 2.05) is 6.92 Å². The van der Waals surface area contributed by atoms with Crippen molar-refractivity contribution in [1.82, 2.24) is 10.2 Å². The molecule has 1 aliphatic rings. The summed E-state index contributed by atoms with van der Waals surface area (Å²) in [6.07, 6.45) is 2.18. The van der Waals surface area contributed by atoms with Crippen LogP contribution in [0.2, 0.25) is 0 Å². The van der Waals surface area contributed by atoms with Crippen molar-refractivity contribution < 1.29 is 8.42 Å². The second-order valence-electron chi connectivity index (χ2n) is 6.52. The number of nitrogens with zero attached hydrogens (tertiary/aromatic N) is 2. The lowest BCUT2D eigenvalue weighted by Crippen LogP contribution is -2.48. The fraction of sp³-hybridized carbons (Fsp3) is 0.611. The lowest BCUT2D eigenvalue weighted by Gasteiger charge is -2.40. The Bertz CT molecular complexity index is 661. The van der Waals surface area contributed by atoms with Crippen LogP contribution in [0.15, 0.2) is 35.3 Å². The van der Waals surface area contributed by atoms with Crippen molar-refractivity contribution in [3.05, 3.63) is 35.9 Å². The quantitative estimate of drug-likeness (QED) is 0.593. The molecule has 1 heterocycles. The third-order valence-electron chi connectivity index (χ3n) is 4.76. The zero-order valence-corrected chi connectivity index (χ0v) is 16.0. The van der Waals surface area contributed by atoms with Gasteiger partial charge < -0.3 is 10.2 Å². The second-order valence-corrected chi connectivity index (χ2v) is 8.26. The van der Waals surface area contributed by atoms with E-state index in [4.69, 9.17) is 5.14 Å². The van der Waals surface area contributed by atoms with Crippen molar-refractivity contribution in [1.29, 1.82) is 0 Å². The fourth-order valence-corrected chi connectivity index (χ4v) is 3.83. The molecule has 2 rings (SSSR count). The molecule has 6 nitrogen and oxygen atoms in total. The fourth-order valence-electron chi connectivity index (χ4n) is 3.48. The molecule has 1 fully saturated rings. The van der Waals surface area contributed by atoms with Gasteiger partial charge in [-0.15, -0.1) is 0 Å². The van der Waals surface area contributed by atoms with E-state index in [9.17, 15) is 8.42 Å². The van der Waals surface area contributed by atoms with Gasteiger partial charge in [0.15, 0.2) is 5.96 Å². The Morgan fingerprint density at radius 2 is 2.04 bits per heavy atom. The summed E-state index contributed by atoms with van der Waals surface area (Å²) < 4.78 is 22.2. The van der Waals surface area contributed by atoms with Crippen LogP contribution in [-0.2, 0) is 10.0 Å². The first-order valence-electron chi connectivity index (χ1n) is 9.03. The lowest BCUT2D eigenvalue weighted by atomic mass is 9.79. The molecule has 1 aromatic carbocycles. The predicted molar refractivity (Wildman–Crippen MR) is 103 cm³/mol. The van der Waals surface area contributed by atoms with E-state index in [-0.39, 0.29) is 12.3 Å². The van der Waals surface area contributed by atoms with Gasteiger partial charge in [-0.1, -0.05) is 43.7 Å². The number of aliphatic imine (C=N–C) groups is 1. The number of likely N-dealkylation sites (tertiary alicyclic amines) is 1. The average molecular weight is 367 g/mol. The number of rotatable bonds is 6. The Morgan fingerprint density at radius 1 is 1.32 bits per heavy atom. The number of piperidine rings is 1. The van der Waals surface area contributed by atoms with Crippen molar-refractivity contribution >= 4 is 16.0 Å². The average Bonchev–Trinajstić information content (AvgIpc) is 2.60. The summed E-state index contributed by atoms with van der Waals surface area (Å²) in [6.45, 7) is 7.03. The number of guanidine groups is 1. The van der Waals surface area contributed by atoms with Crippen LogP contribution < -0.4 is 10.5 Å². The number of hydrogen-bond donors (Lipinski definition) is 2. The molecule has 0 spiro atoms. The van der Waals surface area contributed by atoms with Crippen LogP contribution in [0.25, 0.3) is 0 Å². The lowest BCUT2D eigenvalue weighted by molar-refractivity contribution is 0.215.